The predicted molar refractivity (Wildman–Crippen MR) is 76.5 cm³/mol. The van der Waals surface area contributed by atoms with Gasteiger partial charge in [0, 0.05) is 24.0 Å². The summed E-state index contributed by atoms with van der Waals surface area (Å²) >= 11 is 0. The van der Waals surface area contributed by atoms with Gasteiger partial charge in [0.2, 0.25) is 0 Å². The zero-order chi connectivity index (χ0) is 13.0. The van der Waals surface area contributed by atoms with Crippen LogP contribution < -0.4 is 5.32 Å². The Morgan fingerprint density at radius 2 is 1.83 bits per heavy atom. The Labute approximate surface area is 109 Å². The molecule has 18 heavy (non-hydrogen) atoms. The van der Waals surface area contributed by atoms with Crippen molar-refractivity contribution >= 4 is 0 Å². The largest absolute Gasteiger partial charge is 0.310 e. The van der Waals surface area contributed by atoms with Gasteiger partial charge in [0.15, 0.2) is 0 Å². The van der Waals surface area contributed by atoms with E-state index in [0.29, 0.717) is 6.04 Å². The first kappa shape index (κ1) is 12.8. The zero-order valence-corrected chi connectivity index (χ0v) is 11.3. The second kappa shape index (κ2) is 5.78. The van der Waals surface area contributed by atoms with E-state index >= 15 is 0 Å². The van der Waals surface area contributed by atoms with E-state index in [0.717, 1.165) is 6.54 Å². The molecular weight excluding hydrogens is 220 g/mol. The van der Waals surface area contributed by atoms with Crippen molar-refractivity contribution in [3.05, 3.63) is 53.9 Å². The van der Waals surface area contributed by atoms with Crippen molar-refractivity contribution in [2.24, 2.45) is 0 Å². The van der Waals surface area contributed by atoms with Crippen LogP contribution in [0, 0.1) is 6.92 Å². The van der Waals surface area contributed by atoms with Gasteiger partial charge in [-0.1, -0.05) is 31.2 Å². The van der Waals surface area contributed by atoms with Crippen LogP contribution in [0.3, 0.4) is 0 Å². The zero-order valence-electron chi connectivity index (χ0n) is 11.3. The summed E-state index contributed by atoms with van der Waals surface area (Å²) < 4.78 is 0. The lowest BCUT2D eigenvalue weighted by Crippen LogP contribution is -2.17. The highest BCUT2D eigenvalue weighted by atomic mass is 14.9. The Balaban J connectivity index is 2.22. The van der Waals surface area contributed by atoms with Gasteiger partial charge >= 0.3 is 0 Å². The number of rotatable bonds is 4. The average molecular weight is 240 g/mol. The molecule has 2 heteroatoms. The summed E-state index contributed by atoms with van der Waals surface area (Å²) in [4.78, 5) is 4.24. The molecular formula is C16H20N2. The molecule has 0 saturated carbocycles. The topological polar surface area (TPSA) is 24.9 Å². The van der Waals surface area contributed by atoms with Crippen LogP contribution in [0.4, 0.5) is 0 Å². The maximum Gasteiger partial charge on any atom is 0.0346 e. The molecule has 0 aliphatic rings. The van der Waals surface area contributed by atoms with Crippen LogP contribution >= 0.6 is 0 Å². The number of hydrogen-bond acceptors (Lipinski definition) is 2. The third-order valence-corrected chi connectivity index (χ3v) is 3.13. The van der Waals surface area contributed by atoms with Gasteiger partial charge in [0.25, 0.3) is 0 Å². The molecule has 2 rings (SSSR count). The maximum atomic E-state index is 4.24. The van der Waals surface area contributed by atoms with Crippen molar-refractivity contribution in [2.45, 2.75) is 26.8 Å². The van der Waals surface area contributed by atoms with Crippen molar-refractivity contribution < 1.29 is 0 Å². The van der Waals surface area contributed by atoms with E-state index in [4.69, 9.17) is 0 Å². The molecule has 0 bridgehead atoms. The Hall–Kier alpha value is -1.67. The first-order chi connectivity index (χ1) is 8.70. The van der Waals surface area contributed by atoms with Crippen LogP contribution in [0.5, 0.6) is 0 Å². The highest BCUT2D eigenvalue weighted by molar-refractivity contribution is 5.63. The van der Waals surface area contributed by atoms with Crippen LogP contribution in [-0.2, 0) is 0 Å². The lowest BCUT2D eigenvalue weighted by atomic mass is 10.0. The molecule has 1 aromatic heterocycles. The summed E-state index contributed by atoms with van der Waals surface area (Å²) in [6.45, 7) is 7.37. The van der Waals surface area contributed by atoms with Crippen LogP contribution in [0.1, 0.15) is 31.0 Å². The van der Waals surface area contributed by atoms with E-state index in [1.807, 2.05) is 12.4 Å². The molecule has 1 heterocycles. The molecule has 1 unspecified atom stereocenters. The molecule has 0 aliphatic carbocycles. The Morgan fingerprint density at radius 1 is 1.11 bits per heavy atom. The minimum Gasteiger partial charge on any atom is -0.310 e. The molecule has 94 valence electrons. The summed E-state index contributed by atoms with van der Waals surface area (Å²) in [6, 6.07) is 11.3. The second-order valence-electron chi connectivity index (χ2n) is 4.65. The fraction of sp³-hybridized carbons (Fsp3) is 0.312. The van der Waals surface area contributed by atoms with E-state index in [9.17, 15) is 0 Å². The third-order valence-electron chi connectivity index (χ3n) is 3.13. The highest BCUT2D eigenvalue weighted by Crippen LogP contribution is 2.21. The van der Waals surface area contributed by atoms with Gasteiger partial charge in [-0.2, -0.15) is 0 Å². The molecule has 0 saturated heterocycles. The van der Waals surface area contributed by atoms with Gasteiger partial charge in [0.05, 0.1) is 0 Å². The fourth-order valence-electron chi connectivity index (χ4n) is 2.10. The van der Waals surface area contributed by atoms with E-state index in [2.05, 4.69) is 61.4 Å². The smallest absolute Gasteiger partial charge is 0.0346 e. The molecule has 0 radical (unpaired) electrons. The van der Waals surface area contributed by atoms with Crippen molar-refractivity contribution in [1.29, 1.82) is 0 Å². The van der Waals surface area contributed by atoms with Gasteiger partial charge in [-0.3, -0.25) is 4.98 Å². The van der Waals surface area contributed by atoms with Crippen LogP contribution in [0.15, 0.2) is 42.7 Å². The quantitative estimate of drug-likeness (QED) is 0.881. The molecule has 0 spiro atoms. The number of hydrogen-bond donors (Lipinski definition) is 1. The van der Waals surface area contributed by atoms with Crippen LogP contribution in [0.2, 0.25) is 0 Å². The Kier molecular flexibility index (Phi) is 4.11. The van der Waals surface area contributed by atoms with E-state index in [-0.39, 0.29) is 0 Å². The molecule has 2 nitrogen and oxygen atoms in total. The average Bonchev–Trinajstić information content (AvgIpc) is 2.39. The maximum absolute atomic E-state index is 4.24. The molecule has 0 fully saturated rings. The minimum absolute atomic E-state index is 0.402. The van der Waals surface area contributed by atoms with Gasteiger partial charge in [-0.15, -0.1) is 0 Å². The Morgan fingerprint density at radius 3 is 2.44 bits per heavy atom. The number of aromatic nitrogens is 1. The number of aryl methyl sites for hydroxylation is 1. The molecule has 1 atom stereocenters. The van der Waals surface area contributed by atoms with Crippen LogP contribution in [-0.4, -0.2) is 11.5 Å². The summed E-state index contributed by atoms with van der Waals surface area (Å²) in [5.74, 6) is 0. The summed E-state index contributed by atoms with van der Waals surface area (Å²) in [5.41, 5.74) is 4.91. The van der Waals surface area contributed by atoms with Crippen LogP contribution in [0.25, 0.3) is 11.1 Å². The number of nitrogens with one attached hydrogen (secondary N) is 1. The first-order valence-electron chi connectivity index (χ1n) is 6.46. The normalized spacial score (nSPS) is 12.4. The predicted octanol–water partition coefficient (Wildman–Crippen LogP) is 3.73. The molecule has 1 N–H and O–H groups in total. The summed E-state index contributed by atoms with van der Waals surface area (Å²) in [7, 11) is 0. The van der Waals surface area contributed by atoms with Crippen molar-refractivity contribution in [1.82, 2.24) is 10.3 Å². The molecule has 1 aromatic carbocycles. The lowest BCUT2D eigenvalue weighted by Gasteiger charge is -2.13. The minimum atomic E-state index is 0.402. The van der Waals surface area contributed by atoms with Gasteiger partial charge in [-0.25, -0.2) is 0 Å². The molecule has 2 aromatic rings. The van der Waals surface area contributed by atoms with Crippen molar-refractivity contribution in [2.75, 3.05) is 6.54 Å². The summed E-state index contributed by atoms with van der Waals surface area (Å²) in [6.07, 6.45) is 3.79. The standard InChI is InChI=1S/C16H20N2/c1-4-18-13(3)14-5-7-15(8-6-14)16-9-12(2)10-17-11-16/h5-11,13,18H,4H2,1-3H3. The van der Waals surface area contributed by atoms with E-state index in [1.165, 1.54) is 22.3 Å². The van der Waals surface area contributed by atoms with E-state index in [1.54, 1.807) is 0 Å². The monoisotopic (exact) mass is 240 g/mol. The second-order valence-corrected chi connectivity index (χ2v) is 4.65. The van der Waals surface area contributed by atoms with E-state index < -0.39 is 0 Å². The van der Waals surface area contributed by atoms with Gasteiger partial charge in [0.1, 0.15) is 0 Å². The summed E-state index contributed by atoms with van der Waals surface area (Å²) in [5, 5.41) is 3.42. The fourth-order valence-corrected chi connectivity index (χ4v) is 2.10. The van der Waals surface area contributed by atoms with Gasteiger partial charge in [-0.05, 0) is 43.1 Å². The SMILES string of the molecule is CCNC(C)c1ccc(-c2cncc(C)c2)cc1. The third kappa shape index (κ3) is 2.96. The van der Waals surface area contributed by atoms with Crippen molar-refractivity contribution in [3.63, 3.8) is 0 Å². The lowest BCUT2D eigenvalue weighted by molar-refractivity contribution is 0.598. The Bertz CT molecular complexity index is 503. The van der Waals surface area contributed by atoms with Crippen molar-refractivity contribution in [3.8, 4) is 11.1 Å². The van der Waals surface area contributed by atoms with Gasteiger partial charge < -0.3 is 5.32 Å². The number of pyridine rings is 1. The number of benzene rings is 1. The molecule has 0 amide bonds. The first-order valence-corrected chi connectivity index (χ1v) is 6.46. The molecule has 0 aliphatic heterocycles. The highest BCUT2D eigenvalue weighted by Gasteiger charge is 2.04. The number of nitrogens with zero attached hydrogens (tertiary/aromatic N) is 1.